The Labute approximate surface area is 214 Å². The lowest BCUT2D eigenvalue weighted by Gasteiger charge is -2.11. The third-order valence-corrected chi connectivity index (χ3v) is 6.40. The Bertz CT molecular complexity index is 1390. The Balaban J connectivity index is 1.49. The van der Waals surface area contributed by atoms with Crippen molar-refractivity contribution in [2.45, 2.75) is 25.4 Å². The highest BCUT2D eigenvalue weighted by molar-refractivity contribution is 7.99. The van der Waals surface area contributed by atoms with E-state index in [1.807, 2.05) is 79.1 Å². The summed E-state index contributed by atoms with van der Waals surface area (Å²) in [6.45, 7) is 7.77. The van der Waals surface area contributed by atoms with Crippen molar-refractivity contribution in [1.29, 1.82) is 0 Å². The molecule has 0 fully saturated rings. The maximum absolute atomic E-state index is 12.5. The molecule has 0 unspecified atom stereocenters. The molecule has 36 heavy (non-hydrogen) atoms. The van der Waals surface area contributed by atoms with Crippen molar-refractivity contribution in [2.24, 2.45) is 5.10 Å². The number of hydrogen-bond acceptors (Lipinski definition) is 6. The third-order valence-electron chi connectivity index (χ3n) is 5.48. The van der Waals surface area contributed by atoms with Crippen LogP contribution in [-0.4, -0.2) is 37.7 Å². The molecule has 0 aliphatic heterocycles. The number of rotatable bonds is 9. The standard InChI is InChI=1S/C28H27N5O2S/c1-4-6-21-7-5-8-23(26(21)35)17-29-30-25(34)18-36-28-32-31-27(22-13-9-19(2)10-14-22)33(28)24-15-11-20(3)12-16-24/h4-5,7-17,35H,1,6,18H2,2-3H3,(H,30,34). The number of aromatic hydroxyl groups is 1. The number of nitrogens with one attached hydrogen (secondary N) is 1. The van der Waals surface area contributed by atoms with Crippen LogP contribution < -0.4 is 5.43 Å². The van der Waals surface area contributed by atoms with Gasteiger partial charge in [-0.3, -0.25) is 9.36 Å². The van der Waals surface area contributed by atoms with E-state index in [4.69, 9.17) is 0 Å². The molecule has 182 valence electrons. The highest BCUT2D eigenvalue weighted by Gasteiger charge is 2.17. The number of nitrogens with zero attached hydrogens (tertiary/aromatic N) is 4. The SMILES string of the molecule is C=CCc1cccc(C=NNC(=O)CSc2nnc(-c3ccc(C)cc3)n2-c2ccc(C)cc2)c1O. The molecule has 4 aromatic rings. The van der Waals surface area contributed by atoms with Gasteiger partial charge in [-0.2, -0.15) is 5.10 Å². The Hall–Kier alpha value is -4.17. The topological polar surface area (TPSA) is 92.4 Å². The molecule has 4 rings (SSSR count). The summed E-state index contributed by atoms with van der Waals surface area (Å²) in [5, 5.41) is 23.7. The van der Waals surface area contributed by atoms with Crippen LogP contribution in [0.1, 0.15) is 22.3 Å². The molecular formula is C28H27N5O2S. The number of hydrogen-bond donors (Lipinski definition) is 2. The van der Waals surface area contributed by atoms with E-state index in [2.05, 4.69) is 27.3 Å². The molecule has 0 spiro atoms. The van der Waals surface area contributed by atoms with Crippen LogP contribution in [0.15, 0.2) is 89.6 Å². The van der Waals surface area contributed by atoms with E-state index >= 15 is 0 Å². The van der Waals surface area contributed by atoms with Gasteiger partial charge in [-0.15, -0.1) is 16.8 Å². The minimum absolute atomic E-state index is 0.0950. The fourth-order valence-corrected chi connectivity index (χ4v) is 4.30. The summed E-state index contributed by atoms with van der Waals surface area (Å²) >= 11 is 1.27. The zero-order chi connectivity index (χ0) is 25.5. The average molecular weight is 498 g/mol. The van der Waals surface area contributed by atoms with Crippen LogP contribution >= 0.6 is 11.8 Å². The van der Waals surface area contributed by atoms with Gasteiger partial charge in [0, 0.05) is 16.8 Å². The molecule has 0 bridgehead atoms. The monoisotopic (exact) mass is 497 g/mol. The number of hydrazone groups is 1. The van der Waals surface area contributed by atoms with Crippen molar-refractivity contribution in [3.05, 3.63) is 102 Å². The van der Waals surface area contributed by atoms with Crippen LogP contribution in [-0.2, 0) is 11.2 Å². The molecule has 8 heteroatoms. The van der Waals surface area contributed by atoms with Crippen molar-refractivity contribution in [1.82, 2.24) is 20.2 Å². The first-order valence-corrected chi connectivity index (χ1v) is 12.4. The number of allylic oxidation sites excluding steroid dienone is 1. The van der Waals surface area contributed by atoms with Crippen molar-refractivity contribution >= 4 is 23.9 Å². The zero-order valence-electron chi connectivity index (χ0n) is 20.2. The summed E-state index contributed by atoms with van der Waals surface area (Å²) in [6, 6.07) is 21.5. The number of amides is 1. The Morgan fingerprint density at radius 3 is 2.44 bits per heavy atom. The van der Waals surface area contributed by atoms with Crippen molar-refractivity contribution in [2.75, 3.05) is 5.75 Å². The van der Waals surface area contributed by atoms with E-state index in [9.17, 15) is 9.90 Å². The van der Waals surface area contributed by atoms with Gasteiger partial charge < -0.3 is 5.11 Å². The van der Waals surface area contributed by atoms with Gasteiger partial charge in [0.1, 0.15) is 5.75 Å². The second-order valence-corrected chi connectivity index (χ2v) is 9.22. The number of benzene rings is 3. The number of thioether (sulfide) groups is 1. The summed E-state index contributed by atoms with van der Waals surface area (Å²) in [5.41, 5.74) is 7.94. The molecule has 0 saturated heterocycles. The van der Waals surface area contributed by atoms with Gasteiger partial charge in [-0.25, -0.2) is 5.43 Å². The van der Waals surface area contributed by atoms with Crippen molar-refractivity contribution < 1.29 is 9.90 Å². The fourth-order valence-electron chi connectivity index (χ4n) is 3.55. The third kappa shape index (κ3) is 5.90. The summed E-state index contributed by atoms with van der Waals surface area (Å²) < 4.78 is 1.95. The zero-order valence-corrected chi connectivity index (χ0v) is 21.0. The predicted octanol–water partition coefficient (Wildman–Crippen LogP) is 5.23. The molecule has 3 aromatic carbocycles. The second kappa shape index (κ2) is 11.5. The van der Waals surface area contributed by atoms with Gasteiger partial charge in [-0.1, -0.05) is 77.5 Å². The average Bonchev–Trinajstić information content (AvgIpc) is 3.30. The fraction of sp³-hybridized carbons (Fsp3) is 0.143. The van der Waals surface area contributed by atoms with Gasteiger partial charge in [0.15, 0.2) is 11.0 Å². The lowest BCUT2D eigenvalue weighted by molar-refractivity contribution is -0.118. The number of phenols is 1. The first-order chi connectivity index (χ1) is 17.5. The number of para-hydroxylation sites is 1. The Kier molecular flexibility index (Phi) is 7.97. The quantitative estimate of drug-likeness (QED) is 0.143. The van der Waals surface area contributed by atoms with E-state index in [0.29, 0.717) is 23.0 Å². The number of carbonyl (C=O) groups is 1. The molecular weight excluding hydrogens is 470 g/mol. The van der Waals surface area contributed by atoms with E-state index in [-0.39, 0.29) is 17.4 Å². The smallest absolute Gasteiger partial charge is 0.250 e. The van der Waals surface area contributed by atoms with Crippen LogP contribution in [0.4, 0.5) is 0 Å². The van der Waals surface area contributed by atoms with E-state index in [0.717, 1.165) is 27.9 Å². The van der Waals surface area contributed by atoms with Gasteiger partial charge in [-0.05, 0) is 44.0 Å². The van der Waals surface area contributed by atoms with Gasteiger partial charge >= 0.3 is 0 Å². The van der Waals surface area contributed by atoms with E-state index in [1.54, 1.807) is 12.1 Å². The maximum atomic E-state index is 12.5. The number of phenolic OH excluding ortho intramolecular Hbond substituents is 1. The molecule has 0 atom stereocenters. The lowest BCUT2D eigenvalue weighted by atomic mass is 10.1. The summed E-state index contributed by atoms with van der Waals surface area (Å²) in [4.78, 5) is 12.5. The molecule has 0 aliphatic rings. The van der Waals surface area contributed by atoms with Crippen LogP contribution in [0, 0.1) is 13.8 Å². The first kappa shape index (κ1) is 24.9. The molecule has 0 saturated carbocycles. The predicted molar refractivity (Wildman–Crippen MR) is 145 cm³/mol. The van der Waals surface area contributed by atoms with E-state index in [1.165, 1.54) is 18.0 Å². The minimum atomic E-state index is -0.298. The molecule has 0 radical (unpaired) electrons. The van der Waals surface area contributed by atoms with Crippen molar-refractivity contribution in [3.63, 3.8) is 0 Å². The number of aryl methyl sites for hydroxylation is 2. The molecule has 1 heterocycles. The second-order valence-electron chi connectivity index (χ2n) is 8.27. The molecule has 2 N–H and O–H groups in total. The Morgan fingerprint density at radius 1 is 1.06 bits per heavy atom. The highest BCUT2D eigenvalue weighted by atomic mass is 32.2. The maximum Gasteiger partial charge on any atom is 0.250 e. The van der Waals surface area contributed by atoms with Gasteiger partial charge in [0.05, 0.1) is 12.0 Å². The van der Waals surface area contributed by atoms with Crippen molar-refractivity contribution in [3.8, 4) is 22.8 Å². The Morgan fingerprint density at radius 2 is 1.75 bits per heavy atom. The largest absolute Gasteiger partial charge is 0.507 e. The first-order valence-electron chi connectivity index (χ1n) is 11.4. The van der Waals surface area contributed by atoms with Crippen LogP contribution in [0.25, 0.3) is 17.1 Å². The molecule has 1 aromatic heterocycles. The lowest BCUT2D eigenvalue weighted by Crippen LogP contribution is -2.20. The molecule has 0 aliphatic carbocycles. The summed E-state index contributed by atoms with van der Waals surface area (Å²) in [7, 11) is 0. The molecule has 7 nitrogen and oxygen atoms in total. The van der Waals surface area contributed by atoms with Gasteiger partial charge in [0.25, 0.3) is 5.91 Å². The number of carbonyl (C=O) groups excluding carboxylic acids is 1. The van der Waals surface area contributed by atoms with Crippen LogP contribution in [0.5, 0.6) is 5.75 Å². The highest BCUT2D eigenvalue weighted by Crippen LogP contribution is 2.28. The van der Waals surface area contributed by atoms with Crippen LogP contribution in [0.2, 0.25) is 0 Å². The minimum Gasteiger partial charge on any atom is -0.507 e. The normalized spacial score (nSPS) is 11.1. The summed E-state index contributed by atoms with van der Waals surface area (Å²) in [6.07, 6.45) is 3.69. The molecule has 1 amide bonds. The number of aromatic nitrogens is 3. The van der Waals surface area contributed by atoms with Crippen LogP contribution in [0.3, 0.4) is 0 Å². The summed E-state index contributed by atoms with van der Waals surface area (Å²) in [5.74, 6) is 0.625. The van der Waals surface area contributed by atoms with Gasteiger partial charge in [0.2, 0.25) is 0 Å². The van der Waals surface area contributed by atoms with E-state index < -0.39 is 0 Å².